The number of aromatic amines is 1. The number of nitrogens with one attached hydrogen (secondary N) is 1. The molecule has 0 saturated carbocycles. The molecular weight excluding hydrogens is 508 g/mol. The van der Waals surface area contributed by atoms with Gasteiger partial charge in [0.15, 0.2) is 0 Å². The van der Waals surface area contributed by atoms with Gasteiger partial charge in [0.1, 0.15) is 11.6 Å². The number of hydrogen-bond donors (Lipinski definition) is 2. The van der Waals surface area contributed by atoms with Gasteiger partial charge in [-0.3, -0.25) is 9.78 Å². The van der Waals surface area contributed by atoms with Crippen molar-refractivity contribution in [3.63, 3.8) is 0 Å². The molecule has 37 heavy (non-hydrogen) atoms. The number of imidazole rings is 1. The van der Waals surface area contributed by atoms with Crippen LogP contribution in [0.1, 0.15) is 18.5 Å². The topological polar surface area (TPSA) is 108 Å². The van der Waals surface area contributed by atoms with Crippen LogP contribution in [0, 0.1) is 5.41 Å². The highest BCUT2D eigenvalue weighted by atomic mass is 35.5. The summed E-state index contributed by atoms with van der Waals surface area (Å²) < 4.78 is 0. The average Bonchev–Trinajstić information content (AvgIpc) is 3.58. The van der Waals surface area contributed by atoms with Gasteiger partial charge in [-0.25, -0.2) is 15.0 Å². The Morgan fingerprint density at radius 3 is 2.70 bits per heavy atom. The maximum absolute atomic E-state index is 12.3. The summed E-state index contributed by atoms with van der Waals surface area (Å²) >= 11 is 7.57. The number of carboxylic acids is 1. The molecular formula is C27H23ClN6O2S. The number of halogens is 1. The third kappa shape index (κ3) is 4.68. The van der Waals surface area contributed by atoms with Crippen molar-refractivity contribution in [3.05, 3.63) is 76.5 Å². The highest BCUT2D eigenvalue weighted by Crippen LogP contribution is 2.36. The van der Waals surface area contributed by atoms with Crippen LogP contribution in [-0.4, -0.2) is 49.1 Å². The van der Waals surface area contributed by atoms with E-state index < -0.39 is 11.4 Å². The number of H-pyrrole nitrogens is 1. The van der Waals surface area contributed by atoms with E-state index in [1.807, 2.05) is 47.8 Å². The number of carbonyl (C=O) groups is 1. The number of pyridine rings is 2. The quantitative estimate of drug-likeness (QED) is 0.289. The molecule has 0 amide bonds. The second-order valence-electron chi connectivity index (χ2n) is 9.35. The van der Waals surface area contributed by atoms with E-state index in [-0.39, 0.29) is 0 Å². The van der Waals surface area contributed by atoms with Crippen LogP contribution >= 0.6 is 22.9 Å². The van der Waals surface area contributed by atoms with Crippen LogP contribution in [0.2, 0.25) is 5.02 Å². The number of carboxylic acid groups (broad SMARTS) is 1. The average molecular weight is 531 g/mol. The van der Waals surface area contributed by atoms with Gasteiger partial charge >= 0.3 is 5.97 Å². The Morgan fingerprint density at radius 1 is 1.11 bits per heavy atom. The van der Waals surface area contributed by atoms with Crippen LogP contribution in [0.4, 0.5) is 5.82 Å². The van der Waals surface area contributed by atoms with Gasteiger partial charge in [-0.05, 0) is 55.3 Å². The summed E-state index contributed by atoms with van der Waals surface area (Å²) in [5.41, 5.74) is 5.99. The molecule has 4 aromatic heterocycles. The minimum absolute atomic E-state index is 0.405. The molecule has 1 fully saturated rings. The molecule has 1 saturated heterocycles. The Balaban J connectivity index is 1.19. The van der Waals surface area contributed by atoms with Gasteiger partial charge in [0.05, 0.1) is 33.3 Å². The van der Waals surface area contributed by atoms with E-state index in [1.54, 1.807) is 17.9 Å². The van der Waals surface area contributed by atoms with Crippen molar-refractivity contribution in [1.82, 2.24) is 24.9 Å². The number of nitrogens with zero attached hydrogens (tertiary/aromatic N) is 5. The van der Waals surface area contributed by atoms with Crippen molar-refractivity contribution in [2.75, 3.05) is 18.0 Å². The SMILES string of the molecule is O=C(O)C1(Cc2cscn2)CCCN(c2ccc(-c3ccc(-c4nc5ccc(Cl)cc5[nH]4)cn3)cn2)C1. The first kappa shape index (κ1) is 23.6. The number of rotatable bonds is 6. The fourth-order valence-electron chi connectivity index (χ4n) is 4.94. The number of fused-ring (bicyclic) bond motifs is 1. The van der Waals surface area contributed by atoms with Crippen LogP contribution in [-0.2, 0) is 11.2 Å². The van der Waals surface area contributed by atoms with Crippen molar-refractivity contribution in [2.45, 2.75) is 19.3 Å². The lowest BCUT2D eigenvalue weighted by molar-refractivity contribution is -0.149. The third-order valence-electron chi connectivity index (χ3n) is 6.88. The lowest BCUT2D eigenvalue weighted by atomic mass is 9.76. The monoisotopic (exact) mass is 530 g/mol. The minimum atomic E-state index is -0.869. The number of anilines is 1. The van der Waals surface area contributed by atoms with E-state index in [0.717, 1.165) is 58.2 Å². The first-order valence-corrected chi connectivity index (χ1v) is 13.2. The zero-order valence-electron chi connectivity index (χ0n) is 19.8. The molecule has 0 bridgehead atoms. The molecule has 0 aliphatic carbocycles. The molecule has 0 radical (unpaired) electrons. The summed E-state index contributed by atoms with van der Waals surface area (Å²) in [5, 5.41) is 12.7. The Kier molecular flexibility index (Phi) is 6.10. The second kappa shape index (κ2) is 9.57. The summed E-state index contributed by atoms with van der Waals surface area (Å²) in [6.07, 6.45) is 5.42. The standard InChI is InChI=1S/C27H23ClN6O2S/c28-19-4-6-22-23(10-19)33-25(32-22)18-2-5-21(29-13-18)17-3-7-24(30-12-17)34-9-1-8-27(15-34,26(35)36)11-20-14-37-16-31-20/h2-7,10,12-14,16H,1,8-9,11,15H2,(H,32,33)(H,35,36). The van der Waals surface area contributed by atoms with Crippen LogP contribution < -0.4 is 4.90 Å². The van der Waals surface area contributed by atoms with E-state index >= 15 is 0 Å². The van der Waals surface area contributed by atoms with E-state index in [4.69, 9.17) is 11.6 Å². The molecule has 1 aromatic carbocycles. The van der Waals surface area contributed by atoms with Crippen molar-refractivity contribution < 1.29 is 9.90 Å². The molecule has 1 unspecified atom stereocenters. The van der Waals surface area contributed by atoms with E-state index in [0.29, 0.717) is 24.4 Å². The molecule has 5 heterocycles. The van der Waals surface area contributed by atoms with Gasteiger partial charge in [0.2, 0.25) is 0 Å². The number of hydrogen-bond acceptors (Lipinski definition) is 7. The largest absolute Gasteiger partial charge is 0.481 e. The van der Waals surface area contributed by atoms with E-state index in [1.165, 1.54) is 11.3 Å². The van der Waals surface area contributed by atoms with Crippen LogP contribution in [0.5, 0.6) is 0 Å². The summed E-state index contributed by atoms with van der Waals surface area (Å²) in [6, 6.07) is 13.4. The summed E-state index contributed by atoms with van der Waals surface area (Å²) in [6.45, 7) is 1.18. The molecule has 1 atom stereocenters. The Bertz CT molecular complexity index is 1550. The van der Waals surface area contributed by atoms with E-state index in [9.17, 15) is 9.90 Å². The maximum atomic E-state index is 12.3. The fraction of sp³-hybridized carbons (Fsp3) is 0.222. The van der Waals surface area contributed by atoms with Crippen molar-refractivity contribution in [2.24, 2.45) is 5.41 Å². The van der Waals surface area contributed by atoms with Crippen molar-refractivity contribution in [3.8, 4) is 22.6 Å². The highest BCUT2D eigenvalue weighted by molar-refractivity contribution is 7.07. The van der Waals surface area contributed by atoms with Gasteiger partial charge in [0.25, 0.3) is 0 Å². The Labute approximate surface area is 222 Å². The minimum Gasteiger partial charge on any atom is -0.481 e. The van der Waals surface area contributed by atoms with Gasteiger partial charge in [-0.2, -0.15) is 0 Å². The lowest BCUT2D eigenvalue weighted by Crippen LogP contribution is -2.49. The summed E-state index contributed by atoms with van der Waals surface area (Å²) in [4.78, 5) is 35.9. The van der Waals surface area contributed by atoms with Crippen LogP contribution in [0.3, 0.4) is 0 Å². The van der Waals surface area contributed by atoms with Gasteiger partial charge in [-0.1, -0.05) is 11.6 Å². The predicted octanol–water partition coefficient (Wildman–Crippen LogP) is 5.71. The number of aliphatic carboxylic acids is 1. The molecule has 1 aliphatic rings. The lowest BCUT2D eigenvalue weighted by Gasteiger charge is -2.40. The zero-order chi connectivity index (χ0) is 25.4. The molecule has 186 valence electrons. The normalized spacial score (nSPS) is 17.8. The second-order valence-corrected chi connectivity index (χ2v) is 10.5. The van der Waals surface area contributed by atoms with E-state index in [2.05, 4.69) is 29.8 Å². The molecule has 8 nitrogen and oxygen atoms in total. The molecule has 5 aromatic rings. The highest BCUT2D eigenvalue weighted by Gasteiger charge is 2.43. The first-order chi connectivity index (χ1) is 18.0. The molecule has 1 aliphatic heterocycles. The fourth-order valence-corrected chi connectivity index (χ4v) is 5.67. The predicted molar refractivity (Wildman–Crippen MR) is 145 cm³/mol. The van der Waals surface area contributed by atoms with Crippen LogP contribution in [0.15, 0.2) is 65.7 Å². The van der Waals surface area contributed by atoms with Gasteiger partial charge in [-0.15, -0.1) is 11.3 Å². The van der Waals surface area contributed by atoms with Crippen molar-refractivity contribution in [1.29, 1.82) is 0 Å². The molecule has 10 heteroatoms. The number of piperidine rings is 1. The number of aromatic nitrogens is 5. The van der Waals surface area contributed by atoms with Gasteiger partial charge in [0, 0.05) is 53.4 Å². The maximum Gasteiger partial charge on any atom is 0.311 e. The summed E-state index contributed by atoms with van der Waals surface area (Å²) in [7, 11) is 0. The zero-order valence-corrected chi connectivity index (χ0v) is 21.3. The molecule has 2 N–H and O–H groups in total. The Hall–Kier alpha value is -3.82. The van der Waals surface area contributed by atoms with Gasteiger partial charge < -0.3 is 15.0 Å². The molecule has 0 spiro atoms. The molecule has 6 rings (SSSR count). The summed E-state index contributed by atoms with van der Waals surface area (Å²) in [5.74, 6) is 0.720. The number of benzene rings is 1. The Morgan fingerprint density at radius 2 is 1.97 bits per heavy atom. The number of thiazole rings is 1. The smallest absolute Gasteiger partial charge is 0.311 e. The van der Waals surface area contributed by atoms with Crippen LogP contribution in [0.25, 0.3) is 33.7 Å². The first-order valence-electron chi connectivity index (χ1n) is 11.9. The van der Waals surface area contributed by atoms with Crippen molar-refractivity contribution >= 4 is 45.8 Å². The third-order valence-corrected chi connectivity index (χ3v) is 7.75.